The van der Waals surface area contributed by atoms with Crippen molar-refractivity contribution < 1.29 is 14.4 Å². The standard InChI is InChI=1S/C21H21N3O3S/c1-11-5-7-15(8-6-11)16-9-10-28-19(16)21(27)24-23-20(26)18-12(2)17(14(4)25)13(3)22-18/h5-10,22H,1-4H3,(H,23,26)(H,24,27). The van der Waals surface area contributed by atoms with Crippen molar-refractivity contribution in [3.8, 4) is 11.1 Å². The van der Waals surface area contributed by atoms with E-state index in [0.29, 0.717) is 21.7 Å². The summed E-state index contributed by atoms with van der Waals surface area (Å²) in [6.07, 6.45) is 0. The minimum Gasteiger partial charge on any atom is -0.354 e. The number of hydrogen-bond acceptors (Lipinski definition) is 4. The van der Waals surface area contributed by atoms with Gasteiger partial charge in [-0.25, -0.2) is 0 Å². The first-order valence-electron chi connectivity index (χ1n) is 8.75. The second kappa shape index (κ2) is 7.82. The zero-order valence-electron chi connectivity index (χ0n) is 16.1. The van der Waals surface area contributed by atoms with Crippen LogP contribution in [0.5, 0.6) is 0 Å². The Bertz CT molecular complexity index is 1060. The number of aromatic amines is 1. The van der Waals surface area contributed by atoms with E-state index in [0.717, 1.165) is 16.7 Å². The molecule has 2 aromatic heterocycles. The van der Waals surface area contributed by atoms with Crippen molar-refractivity contribution in [3.05, 3.63) is 68.7 Å². The zero-order valence-corrected chi connectivity index (χ0v) is 16.9. The predicted octanol–water partition coefficient (Wildman–Crippen LogP) is 3.95. The summed E-state index contributed by atoms with van der Waals surface area (Å²) in [5, 5.41) is 1.84. The Balaban J connectivity index is 1.74. The summed E-state index contributed by atoms with van der Waals surface area (Å²) in [4.78, 5) is 40.2. The van der Waals surface area contributed by atoms with Crippen LogP contribution in [0.3, 0.4) is 0 Å². The number of Topliss-reactive ketones (excluding diaryl/α,β-unsaturated/α-hetero) is 1. The van der Waals surface area contributed by atoms with Crippen molar-refractivity contribution in [1.82, 2.24) is 15.8 Å². The molecule has 6 nitrogen and oxygen atoms in total. The van der Waals surface area contributed by atoms with Crippen molar-refractivity contribution >= 4 is 28.9 Å². The van der Waals surface area contributed by atoms with Gasteiger partial charge in [0.25, 0.3) is 11.8 Å². The van der Waals surface area contributed by atoms with E-state index >= 15 is 0 Å². The van der Waals surface area contributed by atoms with Crippen LogP contribution >= 0.6 is 11.3 Å². The zero-order chi connectivity index (χ0) is 20.4. The Labute approximate surface area is 167 Å². The van der Waals surface area contributed by atoms with Gasteiger partial charge in [-0.15, -0.1) is 11.3 Å². The van der Waals surface area contributed by atoms with E-state index in [9.17, 15) is 14.4 Å². The van der Waals surface area contributed by atoms with Gasteiger partial charge in [0, 0.05) is 16.8 Å². The molecule has 0 atom stereocenters. The first-order chi connectivity index (χ1) is 13.3. The summed E-state index contributed by atoms with van der Waals surface area (Å²) in [5.74, 6) is -1.02. The molecule has 144 valence electrons. The number of aromatic nitrogens is 1. The SMILES string of the molecule is CC(=O)c1c(C)[nH]c(C(=O)NNC(=O)c2sccc2-c2ccc(C)cc2)c1C. The van der Waals surface area contributed by atoms with Crippen LogP contribution in [-0.4, -0.2) is 22.6 Å². The molecule has 7 heteroatoms. The largest absolute Gasteiger partial charge is 0.354 e. The summed E-state index contributed by atoms with van der Waals surface area (Å²) in [6.45, 7) is 6.89. The quantitative estimate of drug-likeness (QED) is 0.461. The molecule has 1 aromatic carbocycles. The summed E-state index contributed by atoms with van der Waals surface area (Å²) in [5.41, 5.74) is 9.70. The second-order valence-electron chi connectivity index (χ2n) is 6.62. The fourth-order valence-electron chi connectivity index (χ4n) is 3.18. The molecule has 0 spiro atoms. The average molecular weight is 395 g/mol. The van der Waals surface area contributed by atoms with E-state index in [1.54, 1.807) is 13.8 Å². The van der Waals surface area contributed by atoms with Crippen LogP contribution in [0.4, 0.5) is 0 Å². The smallest absolute Gasteiger partial charge is 0.286 e. The molecule has 2 heterocycles. The fourth-order valence-corrected chi connectivity index (χ4v) is 3.99. The Morgan fingerprint density at radius 1 is 0.929 bits per heavy atom. The highest BCUT2D eigenvalue weighted by Crippen LogP contribution is 2.28. The molecule has 2 amide bonds. The molecule has 28 heavy (non-hydrogen) atoms. The third-order valence-corrected chi connectivity index (χ3v) is 5.45. The van der Waals surface area contributed by atoms with Gasteiger partial charge < -0.3 is 4.98 Å². The van der Waals surface area contributed by atoms with Crippen molar-refractivity contribution in [2.24, 2.45) is 0 Å². The maximum atomic E-state index is 12.6. The van der Waals surface area contributed by atoms with E-state index in [1.807, 2.05) is 42.6 Å². The summed E-state index contributed by atoms with van der Waals surface area (Å²) >= 11 is 1.30. The molecule has 0 aliphatic heterocycles. The van der Waals surface area contributed by atoms with E-state index in [2.05, 4.69) is 15.8 Å². The molecule has 0 fully saturated rings. The molecule has 3 aromatic rings. The average Bonchev–Trinajstić information content (AvgIpc) is 3.24. The van der Waals surface area contributed by atoms with Crippen LogP contribution in [0.1, 0.15) is 54.3 Å². The Kier molecular flexibility index (Phi) is 5.46. The lowest BCUT2D eigenvalue weighted by Gasteiger charge is -2.08. The molecule has 0 bridgehead atoms. The maximum Gasteiger partial charge on any atom is 0.286 e. The van der Waals surface area contributed by atoms with E-state index in [-0.39, 0.29) is 11.5 Å². The summed E-state index contributed by atoms with van der Waals surface area (Å²) in [7, 11) is 0. The Hall–Kier alpha value is -3.19. The summed E-state index contributed by atoms with van der Waals surface area (Å²) in [6, 6.07) is 9.77. The van der Waals surface area contributed by atoms with Gasteiger partial charge in [-0.05, 0) is 50.3 Å². The predicted molar refractivity (Wildman–Crippen MR) is 110 cm³/mol. The van der Waals surface area contributed by atoms with Gasteiger partial charge in [-0.3, -0.25) is 25.2 Å². The number of amides is 2. The van der Waals surface area contributed by atoms with E-state index in [1.165, 1.54) is 18.3 Å². The van der Waals surface area contributed by atoms with Crippen molar-refractivity contribution in [3.63, 3.8) is 0 Å². The van der Waals surface area contributed by atoms with Gasteiger partial charge in [0.1, 0.15) is 10.6 Å². The number of ketones is 1. The van der Waals surface area contributed by atoms with Gasteiger partial charge >= 0.3 is 0 Å². The number of carbonyl (C=O) groups is 3. The third-order valence-electron chi connectivity index (χ3n) is 4.54. The van der Waals surface area contributed by atoms with Gasteiger partial charge in [-0.1, -0.05) is 29.8 Å². The number of rotatable bonds is 4. The molecular weight excluding hydrogens is 374 g/mol. The molecule has 0 saturated carbocycles. The van der Waals surface area contributed by atoms with Gasteiger partial charge in [-0.2, -0.15) is 0 Å². The fraction of sp³-hybridized carbons (Fsp3) is 0.190. The lowest BCUT2D eigenvalue weighted by molar-refractivity contribution is 0.0846. The van der Waals surface area contributed by atoms with Crippen LogP contribution in [0.25, 0.3) is 11.1 Å². The number of benzene rings is 1. The number of carbonyl (C=O) groups excluding carboxylic acids is 3. The third kappa shape index (κ3) is 3.75. The molecular formula is C21H21N3O3S. The molecule has 3 rings (SSSR count). The highest BCUT2D eigenvalue weighted by Gasteiger charge is 2.21. The highest BCUT2D eigenvalue weighted by molar-refractivity contribution is 7.12. The molecule has 0 radical (unpaired) electrons. The molecule has 3 N–H and O–H groups in total. The first-order valence-corrected chi connectivity index (χ1v) is 9.63. The monoisotopic (exact) mass is 395 g/mol. The molecule has 0 saturated heterocycles. The van der Waals surface area contributed by atoms with Crippen LogP contribution in [0.2, 0.25) is 0 Å². The van der Waals surface area contributed by atoms with Crippen LogP contribution in [0, 0.1) is 20.8 Å². The Morgan fingerprint density at radius 2 is 1.57 bits per heavy atom. The lowest BCUT2D eigenvalue weighted by Crippen LogP contribution is -2.41. The van der Waals surface area contributed by atoms with E-state index in [4.69, 9.17) is 0 Å². The molecule has 0 unspecified atom stereocenters. The number of aryl methyl sites for hydroxylation is 2. The van der Waals surface area contributed by atoms with Gasteiger partial charge in [0.05, 0.1) is 0 Å². The van der Waals surface area contributed by atoms with Crippen LogP contribution in [0.15, 0.2) is 35.7 Å². The summed E-state index contributed by atoms with van der Waals surface area (Å²) < 4.78 is 0. The van der Waals surface area contributed by atoms with Crippen molar-refractivity contribution in [1.29, 1.82) is 0 Å². The molecule has 0 aliphatic rings. The topological polar surface area (TPSA) is 91.1 Å². The van der Waals surface area contributed by atoms with Crippen molar-refractivity contribution in [2.45, 2.75) is 27.7 Å². The van der Waals surface area contributed by atoms with Crippen LogP contribution in [-0.2, 0) is 0 Å². The van der Waals surface area contributed by atoms with E-state index < -0.39 is 11.8 Å². The minimum atomic E-state index is -0.505. The number of hydrogen-bond donors (Lipinski definition) is 3. The highest BCUT2D eigenvalue weighted by atomic mass is 32.1. The number of nitrogens with one attached hydrogen (secondary N) is 3. The lowest BCUT2D eigenvalue weighted by atomic mass is 10.1. The van der Waals surface area contributed by atoms with Crippen LogP contribution < -0.4 is 10.9 Å². The number of thiophene rings is 1. The number of H-pyrrole nitrogens is 1. The molecule has 0 aliphatic carbocycles. The maximum absolute atomic E-state index is 12.6. The van der Waals surface area contributed by atoms with Crippen molar-refractivity contribution in [2.75, 3.05) is 0 Å². The van der Waals surface area contributed by atoms with Gasteiger partial charge in [0.15, 0.2) is 5.78 Å². The normalized spacial score (nSPS) is 10.6. The van der Waals surface area contributed by atoms with Gasteiger partial charge in [0.2, 0.25) is 0 Å². The minimum absolute atomic E-state index is 0.115. The first kappa shape index (κ1) is 19.6. The number of hydrazine groups is 1. The second-order valence-corrected chi connectivity index (χ2v) is 7.53. The Morgan fingerprint density at radius 3 is 2.18 bits per heavy atom.